The minimum atomic E-state index is 0.864. The normalized spacial score (nSPS) is 11.8. The summed E-state index contributed by atoms with van der Waals surface area (Å²) in [4.78, 5) is 2.37. The number of hydrogen-bond donors (Lipinski definition) is 0. The zero-order valence-corrected chi connectivity index (χ0v) is 35.5. The number of hydrogen-bond acceptors (Lipinski definition) is 3. The molecule has 64 heavy (non-hydrogen) atoms. The first kappa shape index (κ1) is 36.5. The second-order valence-corrected chi connectivity index (χ2v) is 17.5. The van der Waals surface area contributed by atoms with Crippen LogP contribution in [0.15, 0.2) is 235 Å². The number of anilines is 3. The summed E-state index contributed by atoms with van der Waals surface area (Å²) in [5.41, 5.74) is 15.4. The molecule has 0 spiro atoms. The summed E-state index contributed by atoms with van der Waals surface area (Å²) in [5.74, 6) is 0. The molecule has 0 atom stereocenters. The van der Waals surface area contributed by atoms with Gasteiger partial charge in [0.25, 0.3) is 0 Å². The van der Waals surface area contributed by atoms with Gasteiger partial charge in [0.1, 0.15) is 11.2 Å². The molecule has 0 amide bonds. The standard InChI is InChI=1S/C60H38N2OS/c1-2-18-43(19-3-1)61(44-33-31-39(32-34-44)40-15-13-20-45(38-40)62-52-26-8-4-21-48(52)49-22-5-9-27-53(49)62)54-36-35-47(60-59(54)50-23-6-10-28-55(50)63-60)42-17-12-16-41(37-42)46-25-14-30-57-58(46)51-24-7-11-29-56(51)64-57/h1-38H. The van der Waals surface area contributed by atoms with Gasteiger partial charge in [-0.2, -0.15) is 0 Å². The number of fused-ring (bicyclic) bond motifs is 9. The fraction of sp³-hybridized carbons (Fsp3) is 0. The third-order valence-electron chi connectivity index (χ3n) is 12.8. The lowest BCUT2D eigenvalue weighted by atomic mass is 9.94. The Morgan fingerprint density at radius 1 is 0.375 bits per heavy atom. The van der Waals surface area contributed by atoms with Gasteiger partial charge in [-0.25, -0.2) is 0 Å². The van der Waals surface area contributed by atoms with E-state index >= 15 is 0 Å². The topological polar surface area (TPSA) is 21.3 Å². The van der Waals surface area contributed by atoms with E-state index in [1.54, 1.807) is 0 Å². The third-order valence-corrected chi connectivity index (χ3v) is 13.9. The van der Waals surface area contributed by atoms with Crippen molar-refractivity contribution < 1.29 is 4.42 Å². The Morgan fingerprint density at radius 2 is 0.984 bits per heavy atom. The van der Waals surface area contributed by atoms with Crippen molar-refractivity contribution in [2.75, 3.05) is 4.90 Å². The summed E-state index contributed by atoms with van der Waals surface area (Å²) >= 11 is 1.86. The molecule has 0 saturated carbocycles. The van der Waals surface area contributed by atoms with E-state index in [1.807, 2.05) is 11.3 Å². The van der Waals surface area contributed by atoms with Gasteiger partial charge in [0.15, 0.2) is 0 Å². The summed E-state index contributed by atoms with van der Waals surface area (Å²) in [6.07, 6.45) is 0. The summed E-state index contributed by atoms with van der Waals surface area (Å²) < 4.78 is 11.9. The average Bonchev–Trinajstić information content (AvgIpc) is 4.05. The maximum Gasteiger partial charge on any atom is 0.145 e. The fourth-order valence-corrected chi connectivity index (χ4v) is 11.1. The molecule has 13 aromatic rings. The Kier molecular flexibility index (Phi) is 8.40. The highest BCUT2D eigenvalue weighted by Crippen LogP contribution is 2.47. The molecule has 0 aliphatic rings. The quantitative estimate of drug-likeness (QED) is 0.159. The molecule has 4 heteroatoms. The lowest BCUT2D eigenvalue weighted by molar-refractivity contribution is 0.670. The van der Waals surface area contributed by atoms with Crippen LogP contribution >= 0.6 is 11.3 Å². The number of rotatable bonds is 7. The molecule has 0 radical (unpaired) electrons. The van der Waals surface area contributed by atoms with Crippen molar-refractivity contribution in [1.82, 2.24) is 4.57 Å². The van der Waals surface area contributed by atoms with Gasteiger partial charge in [0.2, 0.25) is 0 Å². The van der Waals surface area contributed by atoms with Crippen molar-refractivity contribution in [2.45, 2.75) is 0 Å². The first-order valence-corrected chi connectivity index (χ1v) is 22.6. The predicted molar refractivity (Wildman–Crippen MR) is 272 cm³/mol. The number of aromatic nitrogens is 1. The van der Waals surface area contributed by atoms with Gasteiger partial charge in [-0.3, -0.25) is 0 Å². The van der Waals surface area contributed by atoms with Crippen LogP contribution in [0.4, 0.5) is 17.1 Å². The van der Waals surface area contributed by atoms with Crippen LogP contribution in [0.25, 0.3) is 103 Å². The predicted octanol–water partition coefficient (Wildman–Crippen LogP) is 17.5. The largest absolute Gasteiger partial charge is 0.455 e. The monoisotopic (exact) mass is 834 g/mol. The van der Waals surface area contributed by atoms with Gasteiger partial charge in [-0.05, 0) is 113 Å². The molecule has 3 heterocycles. The lowest BCUT2D eigenvalue weighted by Gasteiger charge is -2.27. The molecule has 0 fully saturated rings. The van der Waals surface area contributed by atoms with Gasteiger partial charge < -0.3 is 13.9 Å². The Hall–Kier alpha value is -8.18. The molecule has 3 aromatic heterocycles. The SMILES string of the molecule is c1ccc(N(c2ccc(-c3cccc(-n4c5ccccc5c5ccccc54)c3)cc2)c2ccc(-c3cccc(-c4cccc5sc6ccccc6c45)c3)c3oc4ccccc4c23)cc1. The maximum absolute atomic E-state index is 6.91. The van der Waals surface area contributed by atoms with Gasteiger partial charge >= 0.3 is 0 Å². The minimum Gasteiger partial charge on any atom is -0.455 e. The number of nitrogens with zero attached hydrogens (tertiary/aromatic N) is 2. The van der Waals surface area contributed by atoms with Crippen molar-refractivity contribution in [3.63, 3.8) is 0 Å². The Bertz CT molecular complexity index is 3860. The molecular formula is C60H38N2OS. The van der Waals surface area contributed by atoms with Crippen LogP contribution in [0.2, 0.25) is 0 Å². The van der Waals surface area contributed by atoms with Gasteiger partial charge in [-0.1, -0.05) is 146 Å². The van der Waals surface area contributed by atoms with Crippen LogP contribution in [0.1, 0.15) is 0 Å². The molecule has 0 aliphatic heterocycles. The van der Waals surface area contributed by atoms with E-state index < -0.39 is 0 Å². The molecule has 0 bridgehead atoms. The fourth-order valence-electron chi connectivity index (χ4n) is 9.93. The van der Waals surface area contributed by atoms with Crippen molar-refractivity contribution >= 4 is 92.3 Å². The molecular weight excluding hydrogens is 797 g/mol. The van der Waals surface area contributed by atoms with Gasteiger partial charge in [-0.15, -0.1) is 11.3 Å². The Labute approximate surface area is 373 Å². The zero-order chi connectivity index (χ0) is 42.1. The van der Waals surface area contributed by atoms with Gasteiger partial charge in [0, 0.05) is 59.0 Å². The van der Waals surface area contributed by atoms with Crippen molar-refractivity contribution in [3.05, 3.63) is 231 Å². The van der Waals surface area contributed by atoms with E-state index in [0.29, 0.717) is 0 Å². The van der Waals surface area contributed by atoms with Crippen LogP contribution in [0, 0.1) is 0 Å². The van der Waals surface area contributed by atoms with Crippen LogP contribution in [0.3, 0.4) is 0 Å². The van der Waals surface area contributed by atoms with Crippen molar-refractivity contribution in [1.29, 1.82) is 0 Å². The van der Waals surface area contributed by atoms with Gasteiger partial charge in [0.05, 0.1) is 22.1 Å². The Morgan fingerprint density at radius 3 is 1.78 bits per heavy atom. The van der Waals surface area contributed by atoms with Crippen molar-refractivity contribution in [3.8, 4) is 39.1 Å². The number of para-hydroxylation sites is 4. The van der Waals surface area contributed by atoms with E-state index in [1.165, 1.54) is 53.1 Å². The minimum absolute atomic E-state index is 0.864. The lowest BCUT2D eigenvalue weighted by Crippen LogP contribution is -2.10. The van der Waals surface area contributed by atoms with Crippen LogP contribution in [0.5, 0.6) is 0 Å². The van der Waals surface area contributed by atoms with E-state index in [9.17, 15) is 0 Å². The molecule has 13 rings (SSSR count). The number of furan rings is 1. The first-order valence-electron chi connectivity index (χ1n) is 21.7. The third kappa shape index (κ3) is 5.81. The average molecular weight is 835 g/mol. The van der Waals surface area contributed by atoms with Crippen molar-refractivity contribution in [2.24, 2.45) is 0 Å². The molecule has 0 unspecified atom stereocenters. The van der Waals surface area contributed by atoms with Crippen LogP contribution < -0.4 is 4.90 Å². The Balaban J connectivity index is 0.935. The molecule has 300 valence electrons. The molecule has 0 saturated heterocycles. The van der Waals surface area contributed by atoms with Crippen LogP contribution in [-0.2, 0) is 0 Å². The first-order chi connectivity index (χ1) is 31.7. The van der Waals surface area contributed by atoms with E-state index in [4.69, 9.17) is 4.42 Å². The summed E-state index contributed by atoms with van der Waals surface area (Å²) in [5, 5.41) is 7.29. The number of benzene rings is 10. The van der Waals surface area contributed by atoms with E-state index in [0.717, 1.165) is 66.9 Å². The highest BCUT2D eigenvalue weighted by atomic mass is 32.1. The molecule has 0 N–H and O–H groups in total. The second kappa shape index (κ2) is 14.7. The van der Waals surface area contributed by atoms with E-state index in [-0.39, 0.29) is 0 Å². The van der Waals surface area contributed by atoms with Crippen LogP contribution in [-0.4, -0.2) is 4.57 Å². The highest BCUT2D eigenvalue weighted by Gasteiger charge is 2.23. The second-order valence-electron chi connectivity index (χ2n) is 16.4. The summed E-state index contributed by atoms with van der Waals surface area (Å²) in [6.45, 7) is 0. The summed E-state index contributed by atoms with van der Waals surface area (Å²) in [6, 6.07) is 83.2. The zero-order valence-electron chi connectivity index (χ0n) is 34.7. The summed E-state index contributed by atoms with van der Waals surface area (Å²) in [7, 11) is 0. The molecule has 3 nitrogen and oxygen atoms in total. The molecule has 0 aliphatic carbocycles. The number of thiophene rings is 1. The van der Waals surface area contributed by atoms with E-state index in [2.05, 4.69) is 240 Å². The molecule has 10 aromatic carbocycles. The highest BCUT2D eigenvalue weighted by molar-refractivity contribution is 7.25. The maximum atomic E-state index is 6.91. The smallest absolute Gasteiger partial charge is 0.145 e.